The third kappa shape index (κ3) is 3.21. The van der Waals surface area contributed by atoms with Gasteiger partial charge in [0.2, 0.25) is 5.82 Å². The summed E-state index contributed by atoms with van der Waals surface area (Å²) in [7, 11) is 1.91. The van der Waals surface area contributed by atoms with Gasteiger partial charge in [0.05, 0.1) is 6.61 Å². The standard InChI is InChI=1S/C14H18N4O2/c1-3-20-14(19)13-16-12(17-18-13)11-7-5-4-6-10(11)8-9-15-2/h4-7,15H,3,8-9H2,1-2H3,(H,16,17,18). The van der Waals surface area contributed by atoms with E-state index in [9.17, 15) is 4.79 Å². The van der Waals surface area contributed by atoms with Gasteiger partial charge < -0.3 is 10.1 Å². The molecule has 106 valence electrons. The zero-order chi connectivity index (χ0) is 14.4. The van der Waals surface area contributed by atoms with Crippen molar-refractivity contribution in [2.45, 2.75) is 13.3 Å². The van der Waals surface area contributed by atoms with Crippen LogP contribution in [0.25, 0.3) is 11.4 Å². The molecule has 0 amide bonds. The van der Waals surface area contributed by atoms with Crippen molar-refractivity contribution in [2.24, 2.45) is 0 Å². The third-order valence-electron chi connectivity index (χ3n) is 2.86. The maximum atomic E-state index is 11.6. The highest BCUT2D eigenvalue weighted by molar-refractivity contribution is 5.85. The number of ether oxygens (including phenoxy) is 1. The number of carbonyl (C=O) groups excluding carboxylic acids is 1. The fraction of sp³-hybridized carbons (Fsp3) is 0.357. The van der Waals surface area contributed by atoms with Gasteiger partial charge in [0.25, 0.3) is 0 Å². The minimum atomic E-state index is -0.487. The van der Waals surface area contributed by atoms with Crippen molar-refractivity contribution >= 4 is 5.97 Å². The Labute approximate surface area is 117 Å². The van der Waals surface area contributed by atoms with Crippen LogP contribution in [0, 0.1) is 0 Å². The Bertz CT molecular complexity index is 580. The number of H-pyrrole nitrogens is 1. The Morgan fingerprint density at radius 2 is 2.20 bits per heavy atom. The van der Waals surface area contributed by atoms with E-state index in [1.54, 1.807) is 6.92 Å². The Hall–Kier alpha value is -2.21. The number of esters is 1. The number of benzene rings is 1. The molecule has 1 aromatic carbocycles. The molecule has 2 rings (SSSR count). The monoisotopic (exact) mass is 274 g/mol. The molecule has 0 aliphatic heterocycles. The highest BCUT2D eigenvalue weighted by Crippen LogP contribution is 2.20. The number of likely N-dealkylation sites (N-methyl/N-ethyl adjacent to an activating group) is 1. The van der Waals surface area contributed by atoms with E-state index in [2.05, 4.69) is 20.5 Å². The topological polar surface area (TPSA) is 79.9 Å². The molecule has 0 saturated heterocycles. The van der Waals surface area contributed by atoms with E-state index < -0.39 is 5.97 Å². The van der Waals surface area contributed by atoms with Crippen LogP contribution in [-0.2, 0) is 11.2 Å². The minimum absolute atomic E-state index is 0.130. The lowest BCUT2D eigenvalue weighted by Gasteiger charge is -2.05. The van der Waals surface area contributed by atoms with Gasteiger partial charge in [0.15, 0.2) is 5.82 Å². The summed E-state index contributed by atoms with van der Waals surface area (Å²) in [5.74, 6) is 0.156. The SMILES string of the molecule is CCOC(=O)c1nc(-c2ccccc2CCNC)n[nH]1. The van der Waals surface area contributed by atoms with E-state index in [1.807, 2.05) is 31.3 Å². The molecule has 1 aromatic heterocycles. The summed E-state index contributed by atoms with van der Waals surface area (Å²) in [5.41, 5.74) is 2.06. The number of hydrogen-bond acceptors (Lipinski definition) is 5. The van der Waals surface area contributed by atoms with Gasteiger partial charge >= 0.3 is 5.97 Å². The van der Waals surface area contributed by atoms with E-state index >= 15 is 0 Å². The van der Waals surface area contributed by atoms with Gasteiger partial charge in [-0.3, -0.25) is 5.10 Å². The van der Waals surface area contributed by atoms with Gasteiger partial charge in [-0.05, 0) is 32.5 Å². The van der Waals surface area contributed by atoms with E-state index in [1.165, 1.54) is 0 Å². The van der Waals surface area contributed by atoms with Crippen molar-refractivity contribution in [3.05, 3.63) is 35.7 Å². The summed E-state index contributed by atoms with van der Waals surface area (Å²) in [4.78, 5) is 15.8. The van der Waals surface area contributed by atoms with Crippen molar-refractivity contribution in [1.82, 2.24) is 20.5 Å². The molecule has 6 nitrogen and oxygen atoms in total. The Kier molecular flexibility index (Phi) is 4.84. The van der Waals surface area contributed by atoms with Gasteiger partial charge in [-0.1, -0.05) is 24.3 Å². The Balaban J connectivity index is 2.25. The third-order valence-corrected chi connectivity index (χ3v) is 2.86. The molecule has 1 heterocycles. The number of nitrogens with zero attached hydrogens (tertiary/aromatic N) is 2. The summed E-state index contributed by atoms with van der Waals surface area (Å²) in [6.07, 6.45) is 0.871. The number of hydrogen-bond donors (Lipinski definition) is 2. The van der Waals surface area contributed by atoms with Crippen molar-refractivity contribution in [1.29, 1.82) is 0 Å². The maximum absolute atomic E-state index is 11.6. The molecule has 0 aliphatic rings. The predicted molar refractivity (Wildman–Crippen MR) is 75.4 cm³/mol. The number of nitrogens with one attached hydrogen (secondary N) is 2. The quantitative estimate of drug-likeness (QED) is 0.779. The number of aromatic amines is 1. The van der Waals surface area contributed by atoms with Crippen LogP contribution in [0.2, 0.25) is 0 Å². The van der Waals surface area contributed by atoms with E-state index in [0.717, 1.165) is 24.1 Å². The number of carbonyl (C=O) groups is 1. The first kappa shape index (κ1) is 14.2. The molecule has 2 aromatic rings. The molecule has 2 N–H and O–H groups in total. The molecule has 0 unspecified atom stereocenters. The van der Waals surface area contributed by atoms with Crippen LogP contribution in [0.3, 0.4) is 0 Å². The second-order valence-electron chi connectivity index (χ2n) is 4.24. The molecule has 0 fully saturated rings. The van der Waals surface area contributed by atoms with Crippen molar-refractivity contribution in [3.8, 4) is 11.4 Å². The second kappa shape index (κ2) is 6.81. The van der Waals surface area contributed by atoms with Gasteiger partial charge in [-0.2, -0.15) is 5.10 Å². The summed E-state index contributed by atoms with van der Waals surface area (Å²) in [6.45, 7) is 2.93. The number of aromatic nitrogens is 3. The largest absolute Gasteiger partial charge is 0.460 e. The van der Waals surface area contributed by atoms with Gasteiger partial charge in [0.1, 0.15) is 0 Å². The zero-order valence-electron chi connectivity index (χ0n) is 11.6. The van der Waals surface area contributed by atoms with Crippen LogP contribution >= 0.6 is 0 Å². The highest BCUT2D eigenvalue weighted by Gasteiger charge is 2.15. The summed E-state index contributed by atoms with van der Waals surface area (Å²) >= 11 is 0. The fourth-order valence-corrected chi connectivity index (χ4v) is 1.89. The van der Waals surface area contributed by atoms with E-state index in [0.29, 0.717) is 12.4 Å². The predicted octanol–water partition coefficient (Wildman–Crippen LogP) is 1.41. The van der Waals surface area contributed by atoms with E-state index in [-0.39, 0.29) is 5.82 Å². The lowest BCUT2D eigenvalue weighted by atomic mass is 10.0. The molecule has 0 radical (unpaired) electrons. The Morgan fingerprint density at radius 1 is 1.40 bits per heavy atom. The van der Waals surface area contributed by atoms with E-state index in [4.69, 9.17) is 4.74 Å². The molecule has 0 aliphatic carbocycles. The number of rotatable bonds is 6. The van der Waals surface area contributed by atoms with Crippen LogP contribution in [0.5, 0.6) is 0 Å². The lowest BCUT2D eigenvalue weighted by Crippen LogP contribution is -2.11. The molecule has 6 heteroatoms. The first-order chi connectivity index (χ1) is 9.76. The van der Waals surface area contributed by atoms with Gasteiger partial charge in [0, 0.05) is 5.56 Å². The lowest BCUT2D eigenvalue weighted by molar-refractivity contribution is 0.0512. The minimum Gasteiger partial charge on any atom is -0.460 e. The molecule has 0 spiro atoms. The van der Waals surface area contributed by atoms with Crippen molar-refractivity contribution in [2.75, 3.05) is 20.2 Å². The second-order valence-corrected chi connectivity index (χ2v) is 4.24. The summed E-state index contributed by atoms with van der Waals surface area (Å²) in [6, 6.07) is 7.89. The van der Waals surface area contributed by atoms with Crippen molar-refractivity contribution in [3.63, 3.8) is 0 Å². The van der Waals surface area contributed by atoms with Crippen LogP contribution in [0.15, 0.2) is 24.3 Å². The van der Waals surface area contributed by atoms with Gasteiger partial charge in [-0.25, -0.2) is 9.78 Å². The molecule has 0 saturated carbocycles. The Morgan fingerprint density at radius 3 is 2.95 bits per heavy atom. The van der Waals surface area contributed by atoms with Crippen LogP contribution in [0.1, 0.15) is 23.1 Å². The van der Waals surface area contributed by atoms with Crippen LogP contribution < -0.4 is 5.32 Å². The molecular weight excluding hydrogens is 256 g/mol. The normalized spacial score (nSPS) is 10.5. The summed E-state index contributed by atoms with van der Waals surface area (Å²) in [5, 5.41) is 9.83. The van der Waals surface area contributed by atoms with Crippen LogP contribution in [-0.4, -0.2) is 41.3 Å². The molecular formula is C14H18N4O2. The first-order valence-corrected chi connectivity index (χ1v) is 6.58. The first-order valence-electron chi connectivity index (χ1n) is 6.58. The summed E-state index contributed by atoms with van der Waals surface area (Å²) < 4.78 is 4.89. The molecule has 0 atom stereocenters. The zero-order valence-corrected chi connectivity index (χ0v) is 11.6. The average Bonchev–Trinajstić information content (AvgIpc) is 2.95. The molecule has 0 bridgehead atoms. The van der Waals surface area contributed by atoms with Gasteiger partial charge in [-0.15, -0.1) is 0 Å². The molecule has 20 heavy (non-hydrogen) atoms. The highest BCUT2D eigenvalue weighted by atomic mass is 16.5. The van der Waals surface area contributed by atoms with Crippen molar-refractivity contribution < 1.29 is 9.53 Å². The average molecular weight is 274 g/mol. The smallest absolute Gasteiger partial charge is 0.375 e. The maximum Gasteiger partial charge on any atom is 0.375 e. The van der Waals surface area contributed by atoms with Crippen LogP contribution in [0.4, 0.5) is 0 Å². The fourth-order valence-electron chi connectivity index (χ4n) is 1.89.